The summed E-state index contributed by atoms with van der Waals surface area (Å²) in [7, 11) is 0. The normalized spacial score (nSPS) is 10.0. The zero-order valence-electron chi connectivity index (χ0n) is 15.8. The maximum atomic E-state index is 12.3. The first-order valence-electron chi connectivity index (χ1n) is 8.82. The molecule has 0 aromatic heterocycles. The third-order valence-electron chi connectivity index (χ3n) is 3.74. The van der Waals surface area contributed by atoms with Crippen molar-refractivity contribution in [2.75, 3.05) is 25.1 Å². The molecule has 0 bridgehead atoms. The summed E-state index contributed by atoms with van der Waals surface area (Å²) in [5.74, 6) is -1.87. The van der Waals surface area contributed by atoms with Gasteiger partial charge in [0.1, 0.15) is 0 Å². The van der Waals surface area contributed by atoms with Crippen LogP contribution in [0.4, 0.5) is 16.2 Å². The van der Waals surface area contributed by atoms with E-state index in [1.165, 1.54) is 12.1 Å². The smallest absolute Gasteiger partial charge is 0.341 e. The number of rotatable bonds is 9. The maximum absolute atomic E-state index is 12.3. The first-order valence-corrected chi connectivity index (χ1v) is 8.82. The van der Waals surface area contributed by atoms with Gasteiger partial charge < -0.3 is 20.5 Å². The Balaban J connectivity index is 1.90. The number of benzene rings is 2. The van der Waals surface area contributed by atoms with Crippen LogP contribution in [0, 0.1) is 10.1 Å². The molecule has 0 aliphatic rings. The van der Waals surface area contributed by atoms with Crippen molar-refractivity contribution in [2.24, 2.45) is 0 Å². The second kappa shape index (κ2) is 11.1. The zero-order valence-corrected chi connectivity index (χ0v) is 15.8. The highest BCUT2D eigenvalue weighted by molar-refractivity contribution is 5.99. The summed E-state index contributed by atoms with van der Waals surface area (Å²) in [5.41, 5.74) is 0.501. The Morgan fingerprint density at radius 3 is 2.50 bits per heavy atom. The SMILES string of the molecule is O=C(COC(=O)c1cc([N+](=O)[O-])ccc1NCCO)NC(=O)NCc1ccccc1. The second-order valence-electron chi connectivity index (χ2n) is 5.93. The lowest BCUT2D eigenvalue weighted by Crippen LogP contribution is -2.41. The largest absolute Gasteiger partial charge is 0.452 e. The number of non-ortho nitro benzene ring substituents is 1. The lowest BCUT2D eigenvalue weighted by molar-refractivity contribution is -0.384. The second-order valence-corrected chi connectivity index (χ2v) is 5.93. The van der Waals surface area contributed by atoms with E-state index in [1.54, 1.807) is 24.3 Å². The van der Waals surface area contributed by atoms with Crippen molar-refractivity contribution in [1.29, 1.82) is 0 Å². The van der Waals surface area contributed by atoms with Gasteiger partial charge in [-0.3, -0.25) is 20.2 Å². The van der Waals surface area contributed by atoms with Crippen molar-refractivity contribution in [3.63, 3.8) is 0 Å². The molecule has 158 valence electrons. The average Bonchev–Trinajstić information content (AvgIpc) is 2.75. The van der Waals surface area contributed by atoms with Crippen molar-refractivity contribution in [3.05, 3.63) is 69.8 Å². The number of hydrogen-bond acceptors (Lipinski definition) is 8. The number of nitrogens with zero attached hydrogens (tertiary/aromatic N) is 1. The van der Waals surface area contributed by atoms with Crippen LogP contribution in [-0.2, 0) is 16.1 Å². The van der Waals surface area contributed by atoms with E-state index in [-0.39, 0.29) is 36.6 Å². The van der Waals surface area contributed by atoms with Gasteiger partial charge in [0.05, 0.1) is 17.1 Å². The summed E-state index contributed by atoms with van der Waals surface area (Å²) in [4.78, 5) is 46.1. The Kier molecular flexibility index (Phi) is 8.27. The van der Waals surface area contributed by atoms with E-state index >= 15 is 0 Å². The number of imide groups is 1. The predicted molar refractivity (Wildman–Crippen MR) is 106 cm³/mol. The molecule has 11 nitrogen and oxygen atoms in total. The third kappa shape index (κ3) is 6.87. The molecule has 0 aliphatic carbocycles. The molecule has 0 spiro atoms. The molecule has 30 heavy (non-hydrogen) atoms. The minimum Gasteiger partial charge on any atom is -0.452 e. The molecule has 0 saturated carbocycles. The number of nitro groups is 1. The molecule has 11 heteroatoms. The number of nitro benzene ring substituents is 1. The molecular weight excluding hydrogens is 396 g/mol. The Morgan fingerprint density at radius 1 is 1.10 bits per heavy atom. The number of urea groups is 1. The van der Waals surface area contributed by atoms with E-state index in [2.05, 4.69) is 10.6 Å². The molecule has 3 amide bonds. The fourth-order valence-electron chi connectivity index (χ4n) is 2.35. The number of anilines is 1. The number of ether oxygens (including phenoxy) is 1. The van der Waals surface area contributed by atoms with Crippen LogP contribution in [0.2, 0.25) is 0 Å². The average molecular weight is 416 g/mol. The van der Waals surface area contributed by atoms with Gasteiger partial charge in [-0.05, 0) is 11.6 Å². The van der Waals surface area contributed by atoms with Gasteiger partial charge in [-0.15, -0.1) is 0 Å². The molecule has 2 rings (SSSR count). The summed E-state index contributed by atoms with van der Waals surface area (Å²) in [6.07, 6.45) is 0. The van der Waals surface area contributed by atoms with E-state index in [0.29, 0.717) is 0 Å². The monoisotopic (exact) mass is 416 g/mol. The topological polar surface area (TPSA) is 160 Å². The van der Waals surface area contributed by atoms with Crippen LogP contribution >= 0.6 is 0 Å². The minimum atomic E-state index is -1.00. The van der Waals surface area contributed by atoms with Crippen molar-refractivity contribution in [2.45, 2.75) is 6.54 Å². The van der Waals surface area contributed by atoms with Crippen LogP contribution in [-0.4, -0.2) is 47.7 Å². The molecule has 4 N–H and O–H groups in total. The fraction of sp³-hybridized carbons (Fsp3) is 0.211. The predicted octanol–water partition coefficient (Wildman–Crippen LogP) is 1.18. The minimum absolute atomic E-state index is 0.0974. The van der Waals surface area contributed by atoms with Crippen molar-refractivity contribution in [3.8, 4) is 0 Å². The van der Waals surface area contributed by atoms with E-state index < -0.39 is 29.4 Å². The van der Waals surface area contributed by atoms with E-state index in [9.17, 15) is 24.5 Å². The van der Waals surface area contributed by atoms with Crippen LogP contribution in [0.25, 0.3) is 0 Å². The maximum Gasteiger partial charge on any atom is 0.341 e. The number of carbonyl (C=O) groups excluding carboxylic acids is 3. The molecule has 2 aromatic rings. The van der Waals surface area contributed by atoms with Gasteiger partial charge in [0.15, 0.2) is 6.61 Å². The van der Waals surface area contributed by atoms with Gasteiger partial charge in [0.25, 0.3) is 11.6 Å². The van der Waals surface area contributed by atoms with Crippen LogP contribution < -0.4 is 16.0 Å². The van der Waals surface area contributed by atoms with Gasteiger partial charge in [-0.2, -0.15) is 0 Å². The van der Waals surface area contributed by atoms with Crippen molar-refractivity contribution < 1.29 is 29.2 Å². The zero-order chi connectivity index (χ0) is 21.9. The highest BCUT2D eigenvalue weighted by atomic mass is 16.6. The van der Waals surface area contributed by atoms with E-state index in [1.807, 2.05) is 11.4 Å². The van der Waals surface area contributed by atoms with Gasteiger partial charge in [-0.25, -0.2) is 9.59 Å². The molecule has 2 aromatic carbocycles. The van der Waals surface area contributed by atoms with Crippen molar-refractivity contribution >= 4 is 29.3 Å². The molecule has 0 saturated heterocycles. The summed E-state index contributed by atoms with van der Waals surface area (Å²) in [6, 6.07) is 11.7. The first-order chi connectivity index (χ1) is 14.4. The first kappa shape index (κ1) is 22.3. The standard InChI is InChI=1S/C19H20N4O7/c24-9-8-20-16-7-6-14(23(28)29)10-15(16)18(26)30-12-17(25)22-19(27)21-11-13-4-2-1-3-5-13/h1-7,10,20,24H,8-9,11-12H2,(H2,21,22,25,27). The summed E-state index contributed by atoms with van der Waals surface area (Å²) >= 11 is 0. The molecule has 0 unspecified atom stereocenters. The fourth-order valence-corrected chi connectivity index (χ4v) is 2.35. The Hall–Kier alpha value is -3.99. The number of aliphatic hydroxyl groups is 1. The number of amides is 3. The van der Waals surface area contributed by atoms with Crippen molar-refractivity contribution in [1.82, 2.24) is 10.6 Å². The molecule has 0 aliphatic heterocycles. The Bertz CT molecular complexity index is 918. The lowest BCUT2D eigenvalue weighted by atomic mass is 10.1. The summed E-state index contributed by atoms with van der Waals surface area (Å²) < 4.78 is 4.85. The van der Waals surface area contributed by atoms with Gasteiger partial charge in [0, 0.05) is 30.9 Å². The van der Waals surface area contributed by atoms with Crippen LogP contribution in [0.3, 0.4) is 0 Å². The third-order valence-corrected chi connectivity index (χ3v) is 3.74. The Morgan fingerprint density at radius 2 is 1.83 bits per heavy atom. The highest BCUT2D eigenvalue weighted by Gasteiger charge is 2.19. The number of nitrogens with one attached hydrogen (secondary N) is 3. The summed E-state index contributed by atoms with van der Waals surface area (Å²) in [6.45, 7) is -0.695. The highest BCUT2D eigenvalue weighted by Crippen LogP contribution is 2.23. The molecule has 0 radical (unpaired) electrons. The van der Waals surface area contributed by atoms with Crippen LogP contribution in [0.15, 0.2) is 48.5 Å². The number of carbonyl (C=O) groups is 3. The van der Waals surface area contributed by atoms with Gasteiger partial charge in [0.2, 0.25) is 0 Å². The van der Waals surface area contributed by atoms with Gasteiger partial charge >= 0.3 is 12.0 Å². The Labute approximate surface area is 171 Å². The quantitative estimate of drug-likeness (QED) is 0.269. The molecule has 0 heterocycles. The van der Waals surface area contributed by atoms with Gasteiger partial charge in [-0.1, -0.05) is 30.3 Å². The number of hydrogen-bond donors (Lipinski definition) is 4. The molecular formula is C19H20N4O7. The lowest BCUT2D eigenvalue weighted by Gasteiger charge is -2.11. The van der Waals surface area contributed by atoms with E-state index in [0.717, 1.165) is 11.6 Å². The van der Waals surface area contributed by atoms with E-state index in [4.69, 9.17) is 9.84 Å². The number of esters is 1. The summed E-state index contributed by atoms with van der Waals surface area (Å²) in [5, 5.41) is 27.1. The number of aliphatic hydroxyl groups excluding tert-OH is 1. The van der Waals surface area contributed by atoms with Crippen LogP contribution in [0.1, 0.15) is 15.9 Å². The molecule has 0 fully saturated rings. The molecule has 0 atom stereocenters. The van der Waals surface area contributed by atoms with Crippen LogP contribution in [0.5, 0.6) is 0 Å².